The summed E-state index contributed by atoms with van der Waals surface area (Å²) in [6, 6.07) is 7.24. The summed E-state index contributed by atoms with van der Waals surface area (Å²) in [5.41, 5.74) is 4.23. The second-order valence-electron chi connectivity index (χ2n) is 5.04. The number of benzene rings is 1. The van der Waals surface area contributed by atoms with Crippen molar-refractivity contribution < 1.29 is 0 Å². The van der Waals surface area contributed by atoms with Gasteiger partial charge >= 0.3 is 0 Å². The molecule has 1 aliphatic carbocycles. The molecule has 1 saturated heterocycles. The Labute approximate surface area is 109 Å². The van der Waals surface area contributed by atoms with Gasteiger partial charge in [-0.3, -0.25) is 0 Å². The van der Waals surface area contributed by atoms with Gasteiger partial charge in [0.25, 0.3) is 0 Å². The fourth-order valence-corrected chi connectivity index (χ4v) is 3.97. The lowest BCUT2D eigenvalue weighted by molar-refractivity contribution is 0.389. The second kappa shape index (κ2) is 3.59. The molecule has 2 atom stereocenters. The van der Waals surface area contributed by atoms with Crippen LogP contribution < -0.4 is 5.32 Å². The zero-order valence-electron chi connectivity index (χ0n) is 9.46. The highest BCUT2D eigenvalue weighted by molar-refractivity contribution is 9.10. The monoisotopic (exact) mass is 289 g/mol. The quantitative estimate of drug-likeness (QED) is 0.766. The Bertz CT molecular complexity index is 587. The molecule has 17 heavy (non-hydrogen) atoms. The van der Waals surface area contributed by atoms with Gasteiger partial charge in [0, 0.05) is 22.9 Å². The fraction of sp³-hybridized carbons (Fsp3) is 0.357. The normalized spacial score (nSPS) is 27.1. The number of H-pyrrole nitrogens is 1. The van der Waals surface area contributed by atoms with Crippen molar-refractivity contribution in [1.29, 1.82) is 0 Å². The number of aromatic amines is 1. The van der Waals surface area contributed by atoms with Gasteiger partial charge in [-0.2, -0.15) is 0 Å². The molecule has 4 rings (SSSR count). The maximum Gasteiger partial charge on any atom is 0.0864 e. The summed E-state index contributed by atoms with van der Waals surface area (Å²) in [5, 5.41) is 5.09. The van der Waals surface area contributed by atoms with E-state index in [1.54, 1.807) is 0 Å². The Hall–Kier alpha value is -0.800. The lowest BCUT2D eigenvalue weighted by atomic mass is 9.76. The fourth-order valence-electron chi connectivity index (χ4n) is 3.40. The van der Waals surface area contributed by atoms with E-state index in [1.807, 2.05) is 0 Å². The van der Waals surface area contributed by atoms with Crippen LogP contribution in [-0.4, -0.2) is 17.6 Å². The minimum absolute atomic E-state index is 0.602. The Morgan fingerprint density at radius 2 is 2.24 bits per heavy atom. The van der Waals surface area contributed by atoms with Gasteiger partial charge in [0.05, 0.1) is 4.60 Å². The van der Waals surface area contributed by atoms with Crippen molar-refractivity contribution in [2.75, 3.05) is 6.54 Å². The van der Waals surface area contributed by atoms with Crippen LogP contribution in [0.4, 0.5) is 0 Å². The summed E-state index contributed by atoms with van der Waals surface area (Å²) < 4.78 is 1.16. The molecule has 0 unspecified atom stereocenters. The van der Waals surface area contributed by atoms with Gasteiger partial charge in [-0.1, -0.05) is 12.1 Å². The van der Waals surface area contributed by atoms with E-state index in [1.165, 1.54) is 28.5 Å². The number of rotatable bonds is 0. The third-order valence-corrected chi connectivity index (χ3v) is 4.84. The van der Waals surface area contributed by atoms with E-state index in [0.29, 0.717) is 12.0 Å². The van der Waals surface area contributed by atoms with E-state index in [0.717, 1.165) is 17.6 Å². The molecule has 1 aliphatic heterocycles. The lowest BCUT2D eigenvalue weighted by Crippen LogP contribution is -2.43. The molecule has 2 aromatic rings. The molecule has 2 N–H and O–H groups in total. The number of nitrogens with one attached hydrogen (secondary N) is 2. The van der Waals surface area contributed by atoms with Crippen molar-refractivity contribution in [3.63, 3.8) is 0 Å². The van der Waals surface area contributed by atoms with Crippen LogP contribution >= 0.6 is 15.9 Å². The molecule has 2 nitrogen and oxygen atoms in total. The summed E-state index contributed by atoms with van der Waals surface area (Å²) in [6.07, 6.45) is 4.71. The van der Waals surface area contributed by atoms with Gasteiger partial charge in [-0.15, -0.1) is 0 Å². The van der Waals surface area contributed by atoms with Crippen LogP contribution in [0.5, 0.6) is 0 Å². The summed E-state index contributed by atoms with van der Waals surface area (Å²) in [7, 11) is 0. The molecule has 87 valence electrons. The van der Waals surface area contributed by atoms with E-state index >= 15 is 0 Å². The van der Waals surface area contributed by atoms with E-state index in [9.17, 15) is 0 Å². The molecule has 1 aromatic heterocycles. The molecule has 1 radical (unpaired) electrons. The van der Waals surface area contributed by atoms with Crippen molar-refractivity contribution in [3.05, 3.63) is 40.4 Å². The topological polar surface area (TPSA) is 27.8 Å². The largest absolute Gasteiger partial charge is 0.349 e. The molecule has 0 saturated carbocycles. The lowest BCUT2D eigenvalue weighted by Gasteiger charge is -2.36. The number of halogens is 1. The number of fused-ring (bicyclic) bond motifs is 2. The predicted molar refractivity (Wildman–Crippen MR) is 73.2 cm³/mol. The van der Waals surface area contributed by atoms with E-state index < -0.39 is 0 Å². The molecule has 2 heterocycles. The Balaban J connectivity index is 2.01. The van der Waals surface area contributed by atoms with E-state index in [-0.39, 0.29) is 0 Å². The zero-order chi connectivity index (χ0) is 11.4. The van der Waals surface area contributed by atoms with Crippen molar-refractivity contribution in [2.45, 2.75) is 24.8 Å². The first-order chi connectivity index (χ1) is 8.34. The molecule has 3 heteroatoms. The highest BCUT2D eigenvalue weighted by atomic mass is 79.9. The van der Waals surface area contributed by atoms with Crippen LogP contribution in [0.3, 0.4) is 0 Å². The molecule has 0 amide bonds. The first-order valence-electron chi connectivity index (χ1n) is 6.18. The Kier molecular flexibility index (Phi) is 2.15. The maximum absolute atomic E-state index is 3.66. The van der Waals surface area contributed by atoms with Crippen LogP contribution in [0.2, 0.25) is 0 Å². The van der Waals surface area contributed by atoms with Gasteiger partial charge in [0.1, 0.15) is 0 Å². The highest BCUT2D eigenvalue weighted by Gasteiger charge is 2.33. The van der Waals surface area contributed by atoms with Gasteiger partial charge in [0.15, 0.2) is 0 Å². The molecule has 1 aromatic carbocycles. The third kappa shape index (κ3) is 1.36. The predicted octanol–water partition coefficient (Wildman–Crippen LogP) is 3.14. The molecule has 0 spiro atoms. The standard InChI is InChI=1S/C14H14BrN2/c15-14-10-7-12-8(4-2-6-16-12)9-3-1-5-11(17-14)13(9)10/h1-3,5,8,12,16-17H,4,6-7H2/t8-,12-/m1/s1. The Morgan fingerprint density at radius 3 is 3.18 bits per heavy atom. The first kappa shape index (κ1) is 10.2. The van der Waals surface area contributed by atoms with Crippen molar-refractivity contribution in [1.82, 2.24) is 10.3 Å². The molecular weight excluding hydrogens is 276 g/mol. The van der Waals surface area contributed by atoms with Crippen molar-refractivity contribution >= 4 is 26.8 Å². The van der Waals surface area contributed by atoms with Crippen LogP contribution in [0, 0.1) is 6.42 Å². The van der Waals surface area contributed by atoms with Crippen LogP contribution in [0.1, 0.15) is 23.5 Å². The molecule has 0 bridgehead atoms. The van der Waals surface area contributed by atoms with Crippen molar-refractivity contribution in [3.8, 4) is 0 Å². The van der Waals surface area contributed by atoms with Crippen LogP contribution in [0.15, 0.2) is 22.8 Å². The van der Waals surface area contributed by atoms with Gasteiger partial charge in [-0.25, -0.2) is 0 Å². The smallest absolute Gasteiger partial charge is 0.0864 e. The SMILES string of the molecule is Brc1[nH]c2cccc3c2c1C[C@H]1NC[CH]C[C@H]31. The summed E-state index contributed by atoms with van der Waals surface area (Å²) >= 11 is 3.66. The van der Waals surface area contributed by atoms with Gasteiger partial charge < -0.3 is 10.3 Å². The number of piperidine rings is 1. The molecular formula is C14H14BrN2. The average molecular weight is 290 g/mol. The second-order valence-corrected chi connectivity index (χ2v) is 5.83. The molecule has 2 aliphatic rings. The minimum atomic E-state index is 0.602. The Morgan fingerprint density at radius 1 is 1.29 bits per heavy atom. The third-order valence-electron chi connectivity index (χ3n) is 4.16. The average Bonchev–Trinajstić information content (AvgIpc) is 2.68. The first-order valence-corrected chi connectivity index (χ1v) is 6.98. The highest BCUT2D eigenvalue weighted by Crippen LogP contribution is 2.42. The zero-order valence-corrected chi connectivity index (χ0v) is 11.0. The summed E-state index contributed by atoms with van der Waals surface area (Å²) in [5.74, 6) is 0.655. The van der Waals surface area contributed by atoms with Crippen LogP contribution in [-0.2, 0) is 6.42 Å². The number of aromatic nitrogens is 1. The van der Waals surface area contributed by atoms with Gasteiger partial charge in [-0.05, 0) is 58.9 Å². The number of hydrogen-bond acceptors (Lipinski definition) is 1. The van der Waals surface area contributed by atoms with E-state index in [2.05, 4.69) is 50.9 Å². The minimum Gasteiger partial charge on any atom is -0.349 e. The summed E-state index contributed by atoms with van der Waals surface area (Å²) in [4.78, 5) is 3.45. The summed E-state index contributed by atoms with van der Waals surface area (Å²) in [6.45, 7) is 1.05. The van der Waals surface area contributed by atoms with Gasteiger partial charge in [0.2, 0.25) is 0 Å². The number of hydrogen-bond donors (Lipinski definition) is 2. The molecule has 1 fully saturated rings. The maximum atomic E-state index is 3.66. The van der Waals surface area contributed by atoms with Crippen LogP contribution in [0.25, 0.3) is 10.9 Å². The van der Waals surface area contributed by atoms with E-state index in [4.69, 9.17) is 0 Å². The van der Waals surface area contributed by atoms with Crippen molar-refractivity contribution in [2.24, 2.45) is 0 Å².